The number of hydrogen-bond donors (Lipinski definition) is 0. The van der Waals surface area contributed by atoms with E-state index in [1.54, 1.807) is 0 Å². The van der Waals surface area contributed by atoms with Crippen LogP contribution in [0.15, 0.2) is 0 Å². The molecule has 0 spiro atoms. The maximum absolute atomic E-state index is 8.57. The summed E-state index contributed by atoms with van der Waals surface area (Å²) in [4.78, 5) is 0. The van der Waals surface area contributed by atoms with Crippen molar-refractivity contribution in [3.8, 4) is 0 Å². The second kappa shape index (κ2) is 5.09. The van der Waals surface area contributed by atoms with Gasteiger partial charge in [-0.15, -0.1) is 0 Å². The quantitative estimate of drug-likeness (QED) is 0.404. The fourth-order valence-electron chi connectivity index (χ4n) is 0. The lowest BCUT2D eigenvalue weighted by Crippen LogP contribution is -4.05. The molecule has 0 aromatic heterocycles. The van der Waals surface area contributed by atoms with Crippen LogP contribution in [0, 0.1) is 17.0 Å². The Kier molecular flexibility index (Phi) is 9.60. The van der Waals surface area contributed by atoms with Crippen molar-refractivity contribution in [2.24, 2.45) is 0 Å². The molecule has 0 aromatic carbocycles. The van der Waals surface area contributed by atoms with Gasteiger partial charge >= 0.3 is 17.0 Å². The fourth-order valence-corrected chi connectivity index (χ4v) is 0. The van der Waals surface area contributed by atoms with Gasteiger partial charge in [0.2, 0.25) is 0 Å². The van der Waals surface area contributed by atoms with E-state index in [0.717, 1.165) is 0 Å². The molecule has 0 aliphatic carbocycles. The molecule has 5 heavy (non-hydrogen) atoms. The average Bonchev–Trinajstić information content (AvgIpc) is 0.811. The molecule has 32 valence electrons. The van der Waals surface area contributed by atoms with Crippen LogP contribution in [-0.2, 0) is 0 Å². The summed E-state index contributed by atoms with van der Waals surface area (Å²) < 4.78 is 25.7. The van der Waals surface area contributed by atoms with Crippen LogP contribution in [0.2, 0.25) is 0 Å². The summed E-state index contributed by atoms with van der Waals surface area (Å²) in [5, 5.41) is 0. The fraction of sp³-hybridized carbons (Fsp3) is 0. The molecule has 0 atom stereocenters. The third kappa shape index (κ3) is 40.9. The lowest BCUT2D eigenvalue weighted by Gasteiger charge is -1.84. The van der Waals surface area contributed by atoms with E-state index >= 15 is 0 Å². The van der Waals surface area contributed by atoms with E-state index in [0.29, 0.717) is 0 Å². The van der Waals surface area contributed by atoms with Crippen LogP contribution in [0.4, 0.5) is 0 Å². The van der Waals surface area contributed by atoms with E-state index in [1.807, 2.05) is 0 Å². The minimum atomic E-state index is -4.01. The van der Waals surface area contributed by atoms with Crippen molar-refractivity contribution in [2.75, 3.05) is 0 Å². The van der Waals surface area contributed by atoms with Gasteiger partial charge in [0.1, 0.15) is 0 Å². The summed E-state index contributed by atoms with van der Waals surface area (Å²) in [5.74, 6) is 0. The standard InChI is InChI=1S/Br.IO3/c;2-1(3)4/q+1;-1. The predicted octanol–water partition coefficient (Wildman–Crippen LogP) is -6.56. The molecule has 0 aromatic rings. The summed E-state index contributed by atoms with van der Waals surface area (Å²) in [6.45, 7) is 0. The first-order valence-electron chi connectivity index (χ1n) is 0.463. The molecule has 0 bridgehead atoms. The van der Waals surface area contributed by atoms with Gasteiger partial charge in [0.25, 0.3) is 21.1 Å². The van der Waals surface area contributed by atoms with Crippen LogP contribution in [0.5, 0.6) is 0 Å². The molecule has 0 N–H and O–H groups in total. The van der Waals surface area contributed by atoms with Crippen molar-refractivity contribution in [2.45, 2.75) is 0 Å². The Morgan fingerprint density at radius 2 is 1.00 bits per heavy atom. The summed E-state index contributed by atoms with van der Waals surface area (Å²) >= 11 is -4.01. The first-order valence-corrected chi connectivity index (χ1v) is 3.11. The van der Waals surface area contributed by atoms with Crippen molar-refractivity contribution in [3.63, 3.8) is 0 Å². The maximum Gasteiger partial charge on any atom is 1.00 e. The molecule has 3 nitrogen and oxygen atoms in total. The molecular weight excluding hydrogens is 255 g/mol. The predicted molar refractivity (Wildman–Crippen MR) is 0 cm³/mol. The molecule has 0 rings (SSSR count). The Morgan fingerprint density at radius 3 is 1.00 bits per heavy atom. The van der Waals surface area contributed by atoms with E-state index < -0.39 is 21.1 Å². The first-order chi connectivity index (χ1) is 1.73. The van der Waals surface area contributed by atoms with Crippen molar-refractivity contribution >= 4 is 0 Å². The van der Waals surface area contributed by atoms with E-state index in [1.165, 1.54) is 0 Å². The number of halogens is 2. The molecule has 0 amide bonds. The van der Waals surface area contributed by atoms with Gasteiger partial charge in [0.15, 0.2) is 0 Å². The normalized spacial score (nSPS) is 7.20. The molecule has 5 heteroatoms. The van der Waals surface area contributed by atoms with Crippen LogP contribution >= 0.6 is 0 Å². The molecule has 0 aliphatic rings. The highest BCUT2D eigenvalue weighted by Gasteiger charge is 1.70. The maximum atomic E-state index is 8.57. The molecule has 0 heterocycles. The lowest BCUT2D eigenvalue weighted by molar-refractivity contribution is -1.73. The van der Waals surface area contributed by atoms with E-state index in [2.05, 4.69) is 0 Å². The molecule has 0 fully saturated rings. The number of rotatable bonds is 0. The summed E-state index contributed by atoms with van der Waals surface area (Å²) in [6.07, 6.45) is 0. The van der Waals surface area contributed by atoms with Crippen molar-refractivity contribution in [1.82, 2.24) is 0 Å². The second-order valence-corrected chi connectivity index (χ2v) is 1.27. The van der Waals surface area contributed by atoms with Gasteiger partial charge in [-0.1, -0.05) is 0 Å². The Morgan fingerprint density at radius 1 is 1.00 bits per heavy atom. The third-order valence-electron chi connectivity index (χ3n) is 0. The Balaban J connectivity index is 0. The molecule has 0 aliphatic heterocycles. The van der Waals surface area contributed by atoms with E-state index in [9.17, 15) is 0 Å². The Labute approximate surface area is 48.4 Å². The lowest BCUT2D eigenvalue weighted by atomic mass is 16.0. The SMILES string of the molecule is [Br+].[O-][I+2]([O-])[O-]. The highest BCUT2D eigenvalue weighted by molar-refractivity contribution is 1.73. The van der Waals surface area contributed by atoms with E-state index in [4.69, 9.17) is 10.3 Å². The topological polar surface area (TPSA) is 69.2 Å². The zero-order chi connectivity index (χ0) is 3.58. The molecule has 0 unspecified atom stereocenters. The first kappa shape index (κ1) is 9.43. The molecular formula is BrIO3. The van der Waals surface area contributed by atoms with Crippen LogP contribution < -0.4 is 31.4 Å². The summed E-state index contributed by atoms with van der Waals surface area (Å²) in [7, 11) is 0. The highest BCUT2D eigenvalue weighted by Crippen LogP contribution is 0.0000291. The second-order valence-electron chi connectivity index (χ2n) is 0.189. The molecule has 0 saturated heterocycles. The monoisotopic (exact) mass is 254 g/mol. The minimum absolute atomic E-state index is 0. The van der Waals surface area contributed by atoms with Crippen molar-refractivity contribution in [1.29, 1.82) is 0 Å². The zero-order valence-corrected chi connectivity index (χ0v) is 5.72. The zero-order valence-electron chi connectivity index (χ0n) is 1.98. The van der Waals surface area contributed by atoms with Crippen LogP contribution in [0.3, 0.4) is 0 Å². The van der Waals surface area contributed by atoms with E-state index in [-0.39, 0.29) is 17.0 Å². The van der Waals surface area contributed by atoms with Gasteiger partial charge in [-0.25, -0.2) is 0 Å². The highest BCUT2D eigenvalue weighted by atomic mass is 127. The van der Waals surface area contributed by atoms with Gasteiger partial charge in [0.05, 0.1) is 0 Å². The van der Waals surface area contributed by atoms with Gasteiger partial charge < -0.3 is 10.3 Å². The van der Waals surface area contributed by atoms with Gasteiger partial charge in [-0.3, -0.25) is 0 Å². The smallest absolute Gasteiger partial charge is 0.427 e. The largest absolute Gasteiger partial charge is 1.00 e. The minimum Gasteiger partial charge on any atom is -0.427 e. The molecule has 0 saturated carbocycles. The molecule has 2 radical (unpaired) electrons. The third-order valence-corrected chi connectivity index (χ3v) is 0. The Hall–Kier alpha value is 1.09. The van der Waals surface area contributed by atoms with Gasteiger partial charge in [-0.05, 0) is 0 Å². The Bertz CT molecular complexity index is 11.6. The van der Waals surface area contributed by atoms with Crippen LogP contribution in [0.1, 0.15) is 0 Å². The van der Waals surface area contributed by atoms with Gasteiger partial charge in [0, 0.05) is 0 Å². The average molecular weight is 255 g/mol. The van der Waals surface area contributed by atoms with Crippen LogP contribution in [-0.4, -0.2) is 0 Å². The number of hydrogen-bond acceptors (Lipinski definition) is 3. The van der Waals surface area contributed by atoms with Gasteiger partial charge in [-0.2, -0.15) is 0 Å². The summed E-state index contributed by atoms with van der Waals surface area (Å²) in [6, 6.07) is 0. The summed E-state index contributed by atoms with van der Waals surface area (Å²) in [5.41, 5.74) is 0. The van der Waals surface area contributed by atoms with Crippen molar-refractivity contribution in [3.05, 3.63) is 0 Å². The van der Waals surface area contributed by atoms with Crippen molar-refractivity contribution < 1.29 is 48.4 Å². The van der Waals surface area contributed by atoms with Crippen LogP contribution in [0.25, 0.3) is 0 Å².